The highest BCUT2D eigenvalue weighted by Gasteiger charge is 2.39. The van der Waals surface area contributed by atoms with Crippen molar-refractivity contribution >= 4 is 17.2 Å². The zero-order valence-corrected chi connectivity index (χ0v) is 14.8. The second-order valence-electron chi connectivity index (χ2n) is 6.83. The van der Waals surface area contributed by atoms with Gasteiger partial charge >= 0.3 is 0 Å². The second-order valence-corrected chi connectivity index (χ2v) is 7.77. The summed E-state index contributed by atoms with van der Waals surface area (Å²) in [7, 11) is 1.63. The second kappa shape index (κ2) is 7.06. The number of piperidine rings is 1. The number of hydrogen-bond donors (Lipinski definition) is 2. The number of aromatic nitrogens is 1. The molecule has 22 heavy (non-hydrogen) atoms. The van der Waals surface area contributed by atoms with Crippen molar-refractivity contribution in [1.82, 2.24) is 15.6 Å². The predicted octanol–water partition coefficient (Wildman–Crippen LogP) is 1.87. The average molecular weight is 325 g/mol. The molecule has 1 aliphatic rings. The lowest BCUT2D eigenvalue weighted by Gasteiger charge is -2.34. The quantitative estimate of drug-likeness (QED) is 0.867. The van der Waals surface area contributed by atoms with Gasteiger partial charge < -0.3 is 15.4 Å². The fourth-order valence-electron chi connectivity index (χ4n) is 2.57. The number of nitrogens with one attached hydrogen (secondary N) is 2. The Labute approximate surface area is 136 Å². The number of amides is 1. The standard InChI is InChI=1S/C16H27N3O2S/c1-15(2,3)12-11-22-13(19-12)5-8-18-14(20)16(21-4)6-9-17-10-7-16/h11,17H,5-10H2,1-4H3,(H,18,20). The van der Waals surface area contributed by atoms with Gasteiger partial charge in [0.1, 0.15) is 5.60 Å². The van der Waals surface area contributed by atoms with Crippen molar-refractivity contribution in [1.29, 1.82) is 0 Å². The highest BCUT2D eigenvalue weighted by Crippen LogP contribution is 2.24. The molecule has 6 heteroatoms. The molecule has 1 fully saturated rings. The molecule has 0 aromatic carbocycles. The van der Waals surface area contributed by atoms with Gasteiger partial charge in [0.25, 0.3) is 5.91 Å². The number of nitrogens with zero attached hydrogens (tertiary/aromatic N) is 1. The molecule has 1 aliphatic heterocycles. The average Bonchev–Trinajstić information content (AvgIpc) is 2.97. The zero-order valence-electron chi connectivity index (χ0n) is 14.0. The minimum Gasteiger partial charge on any atom is -0.368 e. The van der Waals surface area contributed by atoms with E-state index >= 15 is 0 Å². The van der Waals surface area contributed by atoms with Gasteiger partial charge in [0.05, 0.1) is 10.7 Å². The molecule has 5 nitrogen and oxygen atoms in total. The molecule has 1 amide bonds. The lowest BCUT2D eigenvalue weighted by Crippen LogP contribution is -2.54. The van der Waals surface area contributed by atoms with Crippen LogP contribution in [-0.2, 0) is 21.4 Å². The van der Waals surface area contributed by atoms with Gasteiger partial charge in [-0.25, -0.2) is 4.98 Å². The normalized spacial score (nSPS) is 18.2. The van der Waals surface area contributed by atoms with Gasteiger partial charge in [-0.2, -0.15) is 0 Å². The molecule has 124 valence electrons. The molecule has 0 unspecified atom stereocenters. The lowest BCUT2D eigenvalue weighted by molar-refractivity contribution is -0.146. The van der Waals surface area contributed by atoms with Crippen molar-refractivity contribution in [3.63, 3.8) is 0 Å². The molecule has 0 aliphatic carbocycles. The molecule has 0 bridgehead atoms. The highest BCUT2D eigenvalue weighted by atomic mass is 32.1. The maximum absolute atomic E-state index is 12.4. The van der Waals surface area contributed by atoms with E-state index in [0.717, 1.165) is 43.1 Å². The maximum atomic E-state index is 12.4. The van der Waals surface area contributed by atoms with Crippen LogP contribution in [0.4, 0.5) is 0 Å². The Morgan fingerprint density at radius 2 is 2.14 bits per heavy atom. The fraction of sp³-hybridized carbons (Fsp3) is 0.750. The van der Waals surface area contributed by atoms with E-state index in [2.05, 4.69) is 41.8 Å². The third-order valence-corrected chi connectivity index (χ3v) is 5.07. The molecule has 0 spiro atoms. The van der Waals surface area contributed by atoms with E-state index in [0.29, 0.717) is 6.54 Å². The van der Waals surface area contributed by atoms with Crippen LogP contribution in [0.2, 0.25) is 0 Å². The summed E-state index contributed by atoms with van der Waals surface area (Å²) >= 11 is 1.66. The first-order valence-corrected chi connectivity index (χ1v) is 8.74. The summed E-state index contributed by atoms with van der Waals surface area (Å²) in [6.45, 7) is 8.73. The molecular formula is C16H27N3O2S. The van der Waals surface area contributed by atoms with Crippen molar-refractivity contribution in [3.05, 3.63) is 16.1 Å². The number of thiazole rings is 1. The largest absolute Gasteiger partial charge is 0.368 e. The zero-order chi connectivity index (χ0) is 16.2. The Bertz CT molecular complexity index is 502. The number of ether oxygens (including phenoxy) is 1. The summed E-state index contributed by atoms with van der Waals surface area (Å²) in [5.41, 5.74) is 0.531. The van der Waals surface area contributed by atoms with E-state index < -0.39 is 5.60 Å². The molecule has 1 saturated heterocycles. The van der Waals surface area contributed by atoms with Crippen molar-refractivity contribution in [3.8, 4) is 0 Å². The van der Waals surface area contributed by atoms with E-state index in [1.54, 1.807) is 18.4 Å². The van der Waals surface area contributed by atoms with Crippen molar-refractivity contribution in [2.75, 3.05) is 26.7 Å². The van der Waals surface area contributed by atoms with E-state index in [9.17, 15) is 4.79 Å². The Morgan fingerprint density at radius 1 is 1.45 bits per heavy atom. The van der Waals surface area contributed by atoms with Crippen LogP contribution in [0.15, 0.2) is 5.38 Å². The predicted molar refractivity (Wildman–Crippen MR) is 89.4 cm³/mol. The van der Waals surface area contributed by atoms with Crippen molar-refractivity contribution in [2.45, 2.75) is 51.0 Å². The summed E-state index contributed by atoms with van der Waals surface area (Å²) in [4.78, 5) is 17.1. The van der Waals surface area contributed by atoms with Gasteiger partial charge in [-0.3, -0.25) is 4.79 Å². The molecule has 0 atom stereocenters. The monoisotopic (exact) mass is 325 g/mol. The van der Waals surface area contributed by atoms with Gasteiger partial charge in [0, 0.05) is 30.9 Å². The van der Waals surface area contributed by atoms with Crippen LogP contribution in [0, 0.1) is 0 Å². The molecule has 2 N–H and O–H groups in total. The Morgan fingerprint density at radius 3 is 2.68 bits per heavy atom. The van der Waals surface area contributed by atoms with E-state index in [-0.39, 0.29) is 11.3 Å². The number of carbonyl (C=O) groups is 1. The van der Waals surface area contributed by atoms with Gasteiger partial charge in [-0.05, 0) is 25.9 Å². The molecule has 0 radical (unpaired) electrons. The van der Waals surface area contributed by atoms with Crippen LogP contribution < -0.4 is 10.6 Å². The maximum Gasteiger partial charge on any atom is 0.252 e. The van der Waals surface area contributed by atoms with Gasteiger partial charge in [0.2, 0.25) is 0 Å². The third-order valence-electron chi connectivity index (χ3n) is 4.16. The summed E-state index contributed by atoms with van der Waals surface area (Å²) < 4.78 is 5.53. The Hall–Kier alpha value is -0.980. The summed E-state index contributed by atoms with van der Waals surface area (Å²) in [5, 5.41) is 9.46. The SMILES string of the molecule is COC1(C(=O)NCCc2nc(C(C)(C)C)cs2)CCNCC1. The van der Waals surface area contributed by atoms with E-state index in [1.807, 2.05) is 0 Å². The van der Waals surface area contributed by atoms with E-state index in [4.69, 9.17) is 4.74 Å². The topological polar surface area (TPSA) is 63.2 Å². The molecule has 2 heterocycles. The van der Waals surface area contributed by atoms with Gasteiger partial charge in [-0.1, -0.05) is 20.8 Å². The fourth-order valence-corrected chi connectivity index (χ4v) is 3.59. The first kappa shape index (κ1) is 17.4. The third kappa shape index (κ3) is 4.06. The smallest absolute Gasteiger partial charge is 0.252 e. The number of rotatable bonds is 5. The summed E-state index contributed by atoms with van der Waals surface area (Å²) in [6, 6.07) is 0. The van der Waals surface area contributed by atoms with Crippen LogP contribution in [0.25, 0.3) is 0 Å². The minimum absolute atomic E-state index is 0.00380. The number of carbonyl (C=O) groups excluding carboxylic acids is 1. The minimum atomic E-state index is -0.662. The van der Waals surface area contributed by atoms with Crippen molar-refractivity contribution in [2.24, 2.45) is 0 Å². The Kier molecular flexibility index (Phi) is 5.58. The first-order chi connectivity index (χ1) is 10.4. The molecule has 1 aromatic heterocycles. The van der Waals surface area contributed by atoms with Crippen LogP contribution in [0.1, 0.15) is 44.3 Å². The molecular weight excluding hydrogens is 298 g/mol. The molecule has 2 rings (SSSR count). The summed E-state index contributed by atoms with van der Waals surface area (Å²) in [6.07, 6.45) is 2.21. The van der Waals surface area contributed by atoms with Crippen molar-refractivity contribution < 1.29 is 9.53 Å². The molecule has 0 saturated carbocycles. The molecule has 1 aromatic rings. The van der Waals surface area contributed by atoms with Gasteiger partial charge in [0.15, 0.2) is 0 Å². The Balaban J connectivity index is 1.85. The first-order valence-electron chi connectivity index (χ1n) is 7.86. The van der Waals surface area contributed by atoms with Crippen LogP contribution in [0.3, 0.4) is 0 Å². The highest BCUT2D eigenvalue weighted by molar-refractivity contribution is 7.09. The van der Waals surface area contributed by atoms with Crippen LogP contribution >= 0.6 is 11.3 Å². The lowest BCUT2D eigenvalue weighted by atomic mass is 9.91. The summed E-state index contributed by atoms with van der Waals surface area (Å²) in [5.74, 6) is 0.00380. The van der Waals surface area contributed by atoms with Crippen LogP contribution in [0.5, 0.6) is 0 Å². The van der Waals surface area contributed by atoms with Crippen LogP contribution in [-0.4, -0.2) is 43.2 Å². The van der Waals surface area contributed by atoms with Gasteiger partial charge in [-0.15, -0.1) is 11.3 Å². The number of hydrogen-bond acceptors (Lipinski definition) is 5. The van der Waals surface area contributed by atoms with E-state index in [1.165, 1.54) is 0 Å². The number of methoxy groups -OCH3 is 1.